The van der Waals surface area contributed by atoms with Gasteiger partial charge < -0.3 is 4.79 Å². The maximum Gasteiger partial charge on any atom is 0.123 e. The van der Waals surface area contributed by atoms with E-state index in [-0.39, 0.29) is 0 Å². The predicted molar refractivity (Wildman–Crippen MR) is 40.7 cm³/mol. The molecule has 9 heavy (non-hydrogen) atoms. The average molecular weight is 144 g/mol. The molecule has 52 valence electrons. The summed E-state index contributed by atoms with van der Waals surface area (Å²) in [5.74, 6) is 1.53. The first kappa shape index (κ1) is 7.13. The molecule has 1 rings (SSSR count). The van der Waals surface area contributed by atoms with E-state index in [0.717, 1.165) is 19.1 Å². The third-order valence-electron chi connectivity index (χ3n) is 1.72. The minimum Gasteiger partial charge on any atom is -0.303 e. The Hall–Kier alpha value is 0.0200. The normalized spacial score (nSPS) is 36.1. The molecule has 1 heterocycles. The molecule has 0 aliphatic carbocycles. The monoisotopic (exact) mass is 144 g/mol. The lowest BCUT2D eigenvalue weighted by molar-refractivity contribution is -0.111. The van der Waals surface area contributed by atoms with Gasteiger partial charge in [0.05, 0.1) is 0 Å². The average Bonchev–Trinajstić information content (AvgIpc) is 1.88. The lowest BCUT2D eigenvalue weighted by atomic mass is 10.0. The summed E-state index contributed by atoms with van der Waals surface area (Å²) in [6.07, 6.45) is 3.29. The van der Waals surface area contributed by atoms with E-state index in [9.17, 15) is 4.79 Å². The van der Waals surface area contributed by atoms with Crippen LogP contribution in [0, 0.1) is 5.92 Å². The van der Waals surface area contributed by atoms with Gasteiger partial charge in [0.15, 0.2) is 0 Å². The number of carbonyl (C=O) groups is 1. The van der Waals surface area contributed by atoms with Gasteiger partial charge >= 0.3 is 0 Å². The van der Waals surface area contributed by atoms with Gasteiger partial charge in [-0.1, -0.05) is 6.92 Å². The van der Waals surface area contributed by atoms with Gasteiger partial charge in [-0.15, -0.1) is 0 Å². The zero-order valence-electron chi connectivity index (χ0n) is 5.67. The van der Waals surface area contributed by atoms with Crippen molar-refractivity contribution in [1.82, 2.24) is 0 Å². The number of carbonyl (C=O) groups excluding carboxylic acids is 1. The number of aldehydes is 1. The number of rotatable bonds is 1. The molecular formula is C7H12OS. The topological polar surface area (TPSA) is 17.1 Å². The lowest BCUT2D eigenvalue weighted by Gasteiger charge is -2.21. The zero-order chi connectivity index (χ0) is 6.69. The van der Waals surface area contributed by atoms with Gasteiger partial charge in [-0.3, -0.25) is 0 Å². The van der Waals surface area contributed by atoms with Gasteiger partial charge in [-0.05, 0) is 18.6 Å². The van der Waals surface area contributed by atoms with Crippen LogP contribution in [0.5, 0.6) is 0 Å². The highest BCUT2D eigenvalue weighted by molar-refractivity contribution is 7.99. The van der Waals surface area contributed by atoms with Crippen LogP contribution in [0.1, 0.15) is 19.8 Å². The molecule has 1 saturated heterocycles. The maximum atomic E-state index is 10.3. The van der Waals surface area contributed by atoms with Gasteiger partial charge in [0, 0.05) is 11.2 Å². The molecule has 0 radical (unpaired) electrons. The molecular weight excluding hydrogens is 132 g/mol. The largest absolute Gasteiger partial charge is 0.303 e. The van der Waals surface area contributed by atoms with Crippen LogP contribution in [-0.4, -0.2) is 17.3 Å². The van der Waals surface area contributed by atoms with Crippen molar-refractivity contribution in [3.63, 3.8) is 0 Å². The van der Waals surface area contributed by atoms with E-state index in [2.05, 4.69) is 6.92 Å². The molecule has 0 amide bonds. The SMILES string of the molecule is C[C@H]1C[C@H](C=O)CCS1. The van der Waals surface area contributed by atoms with Crippen molar-refractivity contribution in [2.75, 3.05) is 5.75 Å². The Bertz CT molecular complexity index is 103. The smallest absolute Gasteiger partial charge is 0.123 e. The number of hydrogen-bond donors (Lipinski definition) is 0. The quantitative estimate of drug-likeness (QED) is 0.521. The molecule has 1 nitrogen and oxygen atoms in total. The minimum atomic E-state index is 0.362. The second-order valence-corrected chi connectivity index (χ2v) is 4.15. The summed E-state index contributed by atoms with van der Waals surface area (Å²) in [7, 11) is 0. The standard InChI is InChI=1S/C7H12OS/c1-6-4-7(5-8)2-3-9-6/h5-7H,2-4H2,1H3/t6-,7+/m0/s1. The fourth-order valence-electron chi connectivity index (χ4n) is 1.16. The number of hydrogen-bond acceptors (Lipinski definition) is 2. The van der Waals surface area contributed by atoms with Crippen LogP contribution >= 0.6 is 11.8 Å². The van der Waals surface area contributed by atoms with Crippen LogP contribution in [0.15, 0.2) is 0 Å². The third kappa shape index (κ3) is 2.01. The summed E-state index contributed by atoms with van der Waals surface area (Å²) in [6, 6.07) is 0. The summed E-state index contributed by atoms with van der Waals surface area (Å²) in [4.78, 5) is 10.3. The van der Waals surface area contributed by atoms with E-state index in [0.29, 0.717) is 11.2 Å². The van der Waals surface area contributed by atoms with Crippen molar-refractivity contribution in [3.05, 3.63) is 0 Å². The molecule has 1 fully saturated rings. The van der Waals surface area contributed by atoms with E-state index >= 15 is 0 Å². The van der Waals surface area contributed by atoms with Crippen molar-refractivity contribution >= 4 is 18.0 Å². The van der Waals surface area contributed by atoms with Crippen LogP contribution in [0.25, 0.3) is 0 Å². The van der Waals surface area contributed by atoms with Crippen LogP contribution < -0.4 is 0 Å². The van der Waals surface area contributed by atoms with Crippen molar-refractivity contribution in [3.8, 4) is 0 Å². The van der Waals surface area contributed by atoms with Crippen molar-refractivity contribution < 1.29 is 4.79 Å². The van der Waals surface area contributed by atoms with Gasteiger partial charge in [-0.25, -0.2) is 0 Å². The molecule has 0 spiro atoms. The zero-order valence-corrected chi connectivity index (χ0v) is 6.49. The molecule has 0 N–H and O–H groups in total. The summed E-state index contributed by atoms with van der Waals surface area (Å²) >= 11 is 1.98. The van der Waals surface area contributed by atoms with Crippen molar-refractivity contribution in [2.45, 2.75) is 25.0 Å². The minimum absolute atomic E-state index is 0.362. The molecule has 1 aliphatic heterocycles. The Labute approximate surface area is 60.2 Å². The summed E-state index contributed by atoms with van der Waals surface area (Å²) in [6.45, 7) is 2.19. The van der Waals surface area contributed by atoms with E-state index in [1.165, 1.54) is 5.75 Å². The Kier molecular flexibility index (Phi) is 2.58. The molecule has 0 bridgehead atoms. The fourth-order valence-corrected chi connectivity index (χ4v) is 2.38. The molecule has 0 aromatic carbocycles. The second kappa shape index (κ2) is 3.25. The van der Waals surface area contributed by atoms with Gasteiger partial charge in [0.25, 0.3) is 0 Å². The molecule has 2 atom stereocenters. The molecule has 0 unspecified atom stereocenters. The van der Waals surface area contributed by atoms with E-state index in [1.54, 1.807) is 0 Å². The van der Waals surface area contributed by atoms with Crippen LogP contribution in [0.4, 0.5) is 0 Å². The first-order valence-corrected chi connectivity index (χ1v) is 4.44. The molecule has 2 heteroatoms. The second-order valence-electron chi connectivity index (χ2n) is 2.60. The van der Waals surface area contributed by atoms with E-state index in [4.69, 9.17) is 0 Å². The maximum absolute atomic E-state index is 10.3. The molecule has 0 aromatic rings. The van der Waals surface area contributed by atoms with Crippen LogP contribution in [0.2, 0.25) is 0 Å². The highest BCUT2D eigenvalue weighted by Crippen LogP contribution is 2.27. The van der Waals surface area contributed by atoms with E-state index in [1.807, 2.05) is 11.8 Å². The Morgan fingerprint density at radius 3 is 2.89 bits per heavy atom. The van der Waals surface area contributed by atoms with Crippen LogP contribution in [0.3, 0.4) is 0 Å². The molecule has 0 saturated carbocycles. The third-order valence-corrected chi connectivity index (χ3v) is 2.95. The van der Waals surface area contributed by atoms with Crippen molar-refractivity contribution in [2.24, 2.45) is 5.92 Å². The highest BCUT2D eigenvalue weighted by Gasteiger charge is 2.17. The summed E-state index contributed by atoms with van der Waals surface area (Å²) in [5.41, 5.74) is 0. The van der Waals surface area contributed by atoms with E-state index < -0.39 is 0 Å². The van der Waals surface area contributed by atoms with Gasteiger partial charge in [0.1, 0.15) is 6.29 Å². The Morgan fingerprint density at radius 1 is 1.67 bits per heavy atom. The van der Waals surface area contributed by atoms with Gasteiger partial charge in [0.2, 0.25) is 0 Å². The summed E-state index contributed by atoms with van der Waals surface area (Å²) < 4.78 is 0. The summed E-state index contributed by atoms with van der Waals surface area (Å²) in [5, 5.41) is 0.703. The first-order chi connectivity index (χ1) is 4.33. The van der Waals surface area contributed by atoms with Crippen molar-refractivity contribution in [1.29, 1.82) is 0 Å². The lowest BCUT2D eigenvalue weighted by Crippen LogP contribution is -2.16. The predicted octanol–water partition coefficient (Wildman–Crippen LogP) is 1.72. The fraction of sp³-hybridized carbons (Fsp3) is 0.857. The Balaban J connectivity index is 2.31. The first-order valence-electron chi connectivity index (χ1n) is 3.40. The number of thioether (sulfide) groups is 1. The molecule has 0 aromatic heterocycles. The highest BCUT2D eigenvalue weighted by atomic mass is 32.2. The Morgan fingerprint density at radius 2 is 2.44 bits per heavy atom. The van der Waals surface area contributed by atoms with Gasteiger partial charge in [-0.2, -0.15) is 11.8 Å². The molecule has 1 aliphatic rings. The van der Waals surface area contributed by atoms with Crippen LogP contribution in [-0.2, 0) is 4.79 Å².